The van der Waals surface area contributed by atoms with Crippen molar-refractivity contribution in [3.05, 3.63) is 0 Å². The molecule has 0 saturated heterocycles. The zero-order chi connectivity index (χ0) is 10.7. The van der Waals surface area contributed by atoms with Crippen molar-refractivity contribution in [1.29, 1.82) is 0 Å². The molecule has 1 aliphatic carbocycles. The van der Waals surface area contributed by atoms with Gasteiger partial charge in [-0.3, -0.25) is 4.99 Å². The molecule has 1 saturated carbocycles. The SMILES string of the molecule is CC1CSC(NC(C)C2CCCCC2)=N1. The number of hydrogen-bond acceptors (Lipinski definition) is 3. The molecule has 1 N–H and O–H groups in total. The standard InChI is InChI=1S/C12H22N2S/c1-9-8-15-12(13-9)14-10(2)11-6-4-3-5-7-11/h9-11H,3-8H2,1-2H3,(H,13,14). The first kappa shape index (κ1) is 11.3. The van der Waals surface area contributed by atoms with Gasteiger partial charge in [-0.2, -0.15) is 0 Å². The van der Waals surface area contributed by atoms with Crippen LogP contribution in [0.5, 0.6) is 0 Å². The smallest absolute Gasteiger partial charge is 0.157 e. The topological polar surface area (TPSA) is 24.4 Å². The fourth-order valence-corrected chi connectivity index (χ4v) is 3.50. The van der Waals surface area contributed by atoms with Gasteiger partial charge >= 0.3 is 0 Å². The number of nitrogens with one attached hydrogen (secondary N) is 1. The summed E-state index contributed by atoms with van der Waals surface area (Å²) in [6.45, 7) is 4.51. The van der Waals surface area contributed by atoms with E-state index in [1.165, 1.54) is 37.3 Å². The highest BCUT2D eigenvalue weighted by Gasteiger charge is 2.22. The van der Waals surface area contributed by atoms with Gasteiger partial charge in [0.05, 0.1) is 6.04 Å². The lowest BCUT2D eigenvalue weighted by molar-refractivity contribution is 0.302. The fourth-order valence-electron chi connectivity index (χ4n) is 2.50. The van der Waals surface area contributed by atoms with E-state index in [9.17, 15) is 0 Å². The molecule has 15 heavy (non-hydrogen) atoms. The van der Waals surface area contributed by atoms with Crippen LogP contribution in [0.4, 0.5) is 0 Å². The fraction of sp³-hybridized carbons (Fsp3) is 0.917. The van der Waals surface area contributed by atoms with E-state index in [0.717, 1.165) is 11.7 Å². The summed E-state index contributed by atoms with van der Waals surface area (Å²) in [4.78, 5) is 4.59. The average molecular weight is 226 g/mol. The van der Waals surface area contributed by atoms with Gasteiger partial charge in [0.2, 0.25) is 0 Å². The van der Waals surface area contributed by atoms with Crippen molar-refractivity contribution in [2.45, 2.75) is 58.0 Å². The van der Waals surface area contributed by atoms with Gasteiger partial charge in [-0.1, -0.05) is 31.0 Å². The van der Waals surface area contributed by atoms with Crippen molar-refractivity contribution in [3.63, 3.8) is 0 Å². The Morgan fingerprint density at radius 2 is 2.07 bits per heavy atom. The van der Waals surface area contributed by atoms with Crippen LogP contribution in [-0.4, -0.2) is 23.0 Å². The van der Waals surface area contributed by atoms with Crippen LogP contribution >= 0.6 is 11.8 Å². The van der Waals surface area contributed by atoms with Crippen molar-refractivity contribution in [2.75, 3.05) is 5.75 Å². The summed E-state index contributed by atoms with van der Waals surface area (Å²) in [5.41, 5.74) is 0. The third-order valence-electron chi connectivity index (χ3n) is 3.51. The molecule has 1 fully saturated rings. The minimum Gasteiger partial charge on any atom is -0.362 e. The minimum absolute atomic E-state index is 0.510. The summed E-state index contributed by atoms with van der Waals surface area (Å²) in [5, 5.41) is 4.77. The summed E-state index contributed by atoms with van der Waals surface area (Å²) < 4.78 is 0. The lowest BCUT2D eigenvalue weighted by atomic mass is 9.85. The van der Waals surface area contributed by atoms with Crippen LogP contribution < -0.4 is 5.32 Å². The summed E-state index contributed by atoms with van der Waals surface area (Å²) in [7, 11) is 0. The van der Waals surface area contributed by atoms with E-state index in [2.05, 4.69) is 24.2 Å². The molecule has 1 aliphatic heterocycles. The van der Waals surface area contributed by atoms with Crippen LogP contribution in [0.15, 0.2) is 4.99 Å². The van der Waals surface area contributed by atoms with E-state index < -0.39 is 0 Å². The van der Waals surface area contributed by atoms with Crippen LogP contribution in [0.3, 0.4) is 0 Å². The van der Waals surface area contributed by atoms with Crippen LogP contribution in [0.2, 0.25) is 0 Å². The van der Waals surface area contributed by atoms with Crippen LogP contribution in [0, 0.1) is 5.92 Å². The first-order chi connectivity index (χ1) is 7.25. The second kappa shape index (κ2) is 5.24. The number of thioether (sulfide) groups is 1. The molecule has 0 aromatic carbocycles. The van der Waals surface area contributed by atoms with Crippen molar-refractivity contribution in [2.24, 2.45) is 10.9 Å². The molecule has 0 spiro atoms. The molecule has 0 amide bonds. The van der Waals surface area contributed by atoms with Gasteiger partial charge in [0.15, 0.2) is 5.17 Å². The predicted octanol–water partition coefficient (Wildman–Crippen LogP) is 3.04. The second-order valence-corrected chi connectivity index (χ2v) is 5.93. The Balaban J connectivity index is 1.80. The Morgan fingerprint density at radius 1 is 1.33 bits per heavy atom. The zero-order valence-electron chi connectivity index (χ0n) is 9.83. The molecule has 2 atom stereocenters. The molecule has 0 bridgehead atoms. The van der Waals surface area contributed by atoms with Crippen molar-refractivity contribution in [3.8, 4) is 0 Å². The van der Waals surface area contributed by atoms with Gasteiger partial charge < -0.3 is 5.32 Å². The van der Waals surface area contributed by atoms with Gasteiger partial charge in [0.25, 0.3) is 0 Å². The maximum atomic E-state index is 4.59. The number of nitrogens with zero attached hydrogens (tertiary/aromatic N) is 1. The minimum atomic E-state index is 0.510. The average Bonchev–Trinajstić information content (AvgIpc) is 2.65. The summed E-state index contributed by atoms with van der Waals surface area (Å²) in [5.74, 6) is 2.03. The predicted molar refractivity (Wildman–Crippen MR) is 68.5 cm³/mol. The molecular weight excluding hydrogens is 204 g/mol. The number of hydrogen-bond donors (Lipinski definition) is 1. The molecule has 1 heterocycles. The van der Waals surface area contributed by atoms with Crippen molar-refractivity contribution in [1.82, 2.24) is 5.32 Å². The van der Waals surface area contributed by atoms with E-state index in [-0.39, 0.29) is 0 Å². The second-order valence-electron chi connectivity index (χ2n) is 4.93. The maximum Gasteiger partial charge on any atom is 0.157 e. The summed E-state index contributed by atoms with van der Waals surface area (Å²) in [6.07, 6.45) is 7.10. The van der Waals surface area contributed by atoms with Gasteiger partial charge in [-0.15, -0.1) is 0 Å². The molecule has 86 valence electrons. The highest BCUT2D eigenvalue weighted by molar-refractivity contribution is 8.14. The Kier molecular flexibility index (Phi) is 3.95. The van der Waals surface area contributed by atoms with Crippen LogP contribution in [0.1, 0.15) is 46.0 Å². The molecular formula is C12H22N2S. The Hall–Kier alpha value is -0.180. The first-order valence-electron chi connectivity index (χ1n) is 6.23. The largest absolute Gasteiger partial charge is 0.362 e. The van der Waals surface area contributed by atoms with Gasteiger partial charge in [0, 0.05) is 11.8 Å². The number of amidine groups is 1. The monoisotopic (exact) mass is 226 g/mol. The molecule has 0 radical (unpaired) electrons. The van der Waals surface area contributed by atoms with Gasteiger partial charge in [-0.25, -0.2) is 0 Å². The number of rotatable bonds is 2. The van der Waals surface area contributed by atoms with Crippen LogP contribution in [-0.2, 0) is 0 Å². The summed E-state index contributed by atoms with van der Waals surface area (Å²) in [6, 6.07) is 1.12. The van der Waals surface area contributed by atoms with E-state index in [0.29, 0.717) is 12.1 Å². The van der Waals surface area contributed by atoms with E-state index in [1.54, 1.807) is 0 Å². The highest BCUT2D eigenvalue weighted by Crippen LogP contribution is 2.27. The van der Waals surface area contributed by atoms with E-state index >= 15 is 0 Å². The van der Waals surface area contributed by atoms with Crippen LogP contribution in [0.25, 0.3) is 0 Å². The maximum absolute atomic E-state index is 4.59. The molecule has 2 rings (SSSR count). The van der Waals surface area contributed by atoms with Crippen molar-refractivity contribution >= 4 is 16.9 Å². The normalized spacial score (nSPS) is 30.0. The zero-order valence-corrected chi connectivity index (χ0v) is 10.6. The number of aliphatic imine (C=N–C) groups is 1. The molecule has 0 aromatic rings. The lowest BCUT2D eigenvalue weighted by Gasteiger charge is -2.28. The molecule has 2 aliphatic rings. The Bertz CT molecular complexity index is 234. The Labute approximate surface area is 97.3 Å². The van der Waals surface area contributed by atoms with Gasteiger partial charge in [0.1, 0.15) is 0 Å². The lowest BCUT2D eigenvalue weighted by Crippen LogP contribution is -2.37. The van der Waals surface area contributed by atoms with E-state index in [1.807, 2.05) is 11.8 Å². The van der Waals surface area contributed by atoms with Crippen molar-refractivity contribution < 1.29 is 0 Å². The summed E-state index contributed by atoms with van der Waals surface area (Å²) >= 11 is 1.88. The Morgan fingerprint density at radius 3 is 2.67 bits per heavy atom. The van der Waals surface area contributed by atoms with E-state index in [4.69, 9.17) is 0 Å². The third-order valence-corrected chi connectivity index (χ3v) is 4.65. The third kappa shape index (κ3) is 3.13. The van der Waals surface area contributed by atoms with Gasteiger partial charge in [-0.05, 0) is 32.6 Å². The quantitative estimate of drug-likeness (QED) is 0.782. The molecule has 2 unspecified atom stereocenters. The first-order valence-corrected chi connectivity index (χ1v) is 7.21. The highest BCUT2D eigenvalue weighted by atomic mass is 32.2. The molecule has 2 nitrogen and oxygen atoms in total. The molecule has 0 aromatic heterocycles. The molecule has 3 heteroatoms.